The summed E-state index contributed by atoms with van der Waals surface area (Å²) in [5.74, 6) is -2.61. The third-order valence-electron chi connectivity index (χ3n) is 3.28. The van der Waals surface area contributed by atoms with Crippen LogP contribution < -0.4 is 0 Å². The summed E-state index contributed by atoms with van der Waals surface area (Å²) in [5.41, 5.74) is 0. The summed E-state index contributed by atoms with van der Waals surface area (Å²) in [6.07, 6.45) is -5.65. The summed E-state index contributed by atoms with van der Waals surface area (Å²) in [6.45, 7) is 6.29. The van der Waals surface area contributed by atoms with Crippen LogP contribution in [0.3, 0.4) is 0 Å². The third-order valence-corrected chi connectivity index (χ3v) is 3.28. The molecule has 148 valence electrons. The van der Waals surface area contributed by atoms with Crippen LogP contribution in [0.15, 0.2) is 0 Å². The lowest BCUT2D eigenvalue weighted by Crippen LogP contribution is -2.62. The fourth-order valence-corrected chi connectivity index (χ4v) is 2.49. The van der Waals surface area contributed by atoms with Gasteiger partial charge in [0.2, 0.25) is 0 Å². The second-order valence-corrected chi connectivity index (χ2v) is 5.52. The van der Waals surface area contributed by atoms with Gasteiger partial charge >= 0.3 is 23.9 Å². The number of rotatable bonds is 7. The molecule has 1 unspecified atom stereocenters. The van der Waals surface area contributed by atoms with Crippen molar-refractivity contribution in [2.24, 2.45) is 0 Å². The third kappa shape index (κ3) is 6.60. The average molecular weight is 376 g/mol. The zero-order chi connectivity index (χ0) is 19.9. The van der Waals surface area contributed by atoms with Crippen molar-refractivity contribution in [3.05, 3.63) is 0 Å². The SMILES string of the molecule is CCOC1O[C@H](COC(C)=O)[C@@H](OC(C)=O)[C@H](OC(C)=O)[C@H]1OC(C)=O. The highest BCUT2D eigenvalue weighted by Gasteiger charge is 2.52. The monoisotopic (exact) mass is 376 g/mol. The molecule has 0 aliphatic carbocycles. The van der Waals surface area contributed by atoms with Crippen LogP contribution >= 0.6 is 0 Å². The highest BCUT2D eigenvalue weighted by Crippen LogP contribution is 2.29. The minimum atomic E-state index is -1.20. The van der Waals surface area contributed by atoms with Crippen molar-refractivity contribution in [2.75, 3.05) is 13.2 Å². The van der Waals surface area contributed by atoms with Gasteiger partial charge in [0, 0.05) is 34.3 Å². The Balaban J connectivity index is 3.22. The first-order chi connectivity index (χ1) is 12.1. The molecule has 10 heteroatoms. The van der Waals surface area contributed by atoms with Crippen molar-refractivity contribution < 1.29 is 47.6 Å². The van der Waals surface area contributed by atoms with E-state index in [-0.39, 0.29) is 13.2 Å². The van der Waals surface area contributed by atoms with Gasteiger partial charge in [-0.3, -0.25) is 19.2 Å². The Bertz CT molecular complexity index is 531. The molecule has 1 heterocycles. The van der Waals surface area contributed by atoms with Gasteiger partial charge in [-0.05, 0) is 6.92 Å². The number of carbonyl (C=O) groups is 4. The maximum atomic E-state index is 11.5. The van der Waals surface area contributed by atoms with E-state index in [4.69, 9.17) is 28.4 Å². The maximum Gasteiger partial charge on any atom is 0.303 e. The molecule has 0 aromatic rings. The van der Waals surface area contributed by atoms with Gasteiger partial charge in [-0.2, -0.15) is 0 Å². The Hall–Kier alpha value is -2.20. The molecule has 0 saturated carbocycles. The standard InChI is InChI=1S/C16H24O10/c1-6-21-16-15(25-11(5)20)14(24-10(4)19)13(23-9(3)18)12(26-16)7-22-8(2)17/h12-16H,6-7H2,1-5H3/t12-,13-,14+,15-,16?/m1/s1. The molecule has 26 heavy (non-hydrogen) atoms. The maximum absolute atomic E-state index is 11.5. The molecule has 5 atom stereocenters. The lowest BCUT2D eigenvalue weighted by atomic mass is 9.98. The molecule has 0 aromatic heterocycles. The zero-order valence-electron chi connectivity index (χ0n) is 15.4. The number of carbonyl (C=O) groups excluding carboxylic acids is 4. The van der Waals surface area contributed by atoms with Crippen molar-refractivity contribution in [3.8, 4) is 0 Å². The van der Waals surface area contributed by atoms with Crippen LogP contribution in [0.4, 0.5) is 0 Å². The van der Waals surface area contributed by atoms with Crippen molar-refractivity contribution in [3.63, 3.8) is 0 Å². The Morgan fingerprint density at radius 1 is 0.769 bits per heavy atom. The minimum absolute atomic E-state index is 0.202. The first-order valence-corrected chi connectivity index (χ1v) is 8.07. The van der Waals surface area contributed by atoms with Crippen LogP contribution in [-0.4, -0.2) is 67.8 Å². The molecular formula is C16H24O10. The highest BCUT2D eigenvalue weighted by atomic mass is 16.7. The number of ether oxygens (including phenoxy) is 6. The first kappa shape index (κ1) is 21.8. The van der Waals surface area contributed by atoms with E-state index in [1.165, 1.54) is 13.8 Å². The predicted molar refractivity (Wildman–Crippen MR) is 83.6 cm³/mol. The van der Waals surface area contributed by atoms with Gasteiger partial charge < -0.3 is 28.4 Å². The predicted octanol–water partition coefficient (Wildman–Crippen LogP) is 0.106. The molecule has 10 nitrogen and oxygen atoms in total. The summed E-state index contributed by atoms with van der Waals surface area (Å²) in [5, 5.41) is 0. The van der Waals surface area contributed by atoms with Gasteiger partial charge in [0.25, 0.3) is 0 Å². The summed E-state index contributed by atoms with van der Waals surface area (Å²) in [7, 11) is 0. The summed E-state index contributed by atoms with van der Waals surface area (Å²) >= 11 is 0. The van der Waals surface area contributed by atoms with Gasteiger partial charge in [0.1, 0.15) is 12.7 Å². The van der Waals surface area contributed by atoms with Crippen LogP contribution in [0.1, 0.15) is 34.6 Å². The van der Waals surface area contributed by atoms with E-state index in [9.17, 15) is 19.2 Å². The first-order valence-electron chi connectivity index (χ1n) is 8.07. The number of esters is 4. The van der Waals surface area contributed by atoms with Gasteiger partial charge in [-0.25, -0.2) is 0 Å². The highest BCUT2D eigenvalue weighted by molar-refractivity contribution is 5.68. The molecule has 1 aliphatic heterocycles. The molecule has 0 N–H and O–H groups in total. The molecule has 0 bridgehead atoms. The Morgan fingerprint density at radius 3 is 1.73 bits per heavy atom. The number of hydrogen-bond donors (Lipinski definition) is 0. The van der Waals surface area contributed by atoms with E-state index in [1.54, 1.807) is 6.92 Å². The van der Waals surface area contributed by atoms with Crippen molar-refractivity contribution in [1.29, 1.82) is 0 Å². The van der Waals surface area contributed by atoms with Crippen LogP contribution in [-0.2, 0) is 47.6 Å². The Labute approximate surface area is 151 Å². The van der Waals surface area contributed by atoms with E-state index >= 15 is 0 Å². The molecule has 1 rings (SSSR count). The largest absolute Gasteiger partial charge is 0.463 e. The molecule has 0 spiro atoms. The van der Waals surface area contributed by atoms with Crippen LogP contribution in [0.25, 0.3) is 0 Å². The van der Waals surface area contributed by atoms with E-state index < -0.39 is 54.6 Å². The summed E-state index contributed by atoms with van der Waals surface area (Å²) in [6, 6.07) is 0. The molecule has 1 saturated heterocycles. The van der Waals surface area contributed by atoms with Crippen molar-refractivity contribution >= 4 is 23.9 Å². The average Bonchev–Trinajstić information content (AvgIpc) is 2.50. The molecule has 0 aromatic carbocycles. The molecule has 0 radical (unpaired) electrons. The van der Waals surface area contributed by atoms with Gasteiger partial charge in [-0.1, -0.05) is 0 Å². The van der Waals surface area contributed by atoms with E-state index in [2.05, 4.69) is 0 Å². The van der Waals surface area contributed by atoms with Crippen LogP contribution in [0.5, 0.6) is 0 Å². The van der Waals surface area contributed by atoms with E-state index in [0.29, 0.717) is 0 Å². The topological polar surface area (TPSA) is 124 Å². The lowest BCUT2D eigenvalue weighted by Gasteiger charge is -2.43. The normalized spacial score (nSPS) is 28.0. The molecule has 1 fully saturated rings. The lowest BCUT2D eigenvalue weighted by molar-refractivity contribution is -0.307. The zero-order valence-corrected chi connectivity index (χ0v) is 15.4. The van der Waals surface area contributed by atoms with Crippen LogP contribution in [0, 0.1) is 0 Å². The molecular weight excluding hydrogens is 352 g/mol. The van der Waals surface area contributed by atoms with Gasteiger partial charge in [0.05, 0.1) is 0 Å². The number of hydrogen-bond acceptors (Lipinski definition) is 10. The van der Waals surface area contributed by atoms with Crippen LogP contribution in [0.2, 0.25) is 0 Å². The van der Waals surface area contributed by atoms with Gasteiger partial charge in [-0.15, -0.1) is 0 Å². The second kappa shape index (κ2) is 10.1. The quantitative estimate of drug-likeness (QED) is 0.446. The van der Waals surface area contributed by atoms with E-state index in [1.807, 2.05) is 0 Å². The molecule has 0 amide bonds. The minimum Gasteiger partial charge on any atom is -0.463 e. The van der Waals surface area contributed by atoms with Crippen molar-refractivity contribution in [2.45, 2.75) is 65.3 Å². The summed E-state index contributed by atoms with van der Waals surface area (Å²) in [4.78, 5) is 45.6. The van der Waals surface area contributed by atoms with Crippen molar-refractivity contribution in [1.82, 2.24) is 0 Å². The Morgan fingerprint density at radius 2 is 1.27 bits per heavy atom. The fourth-order valence-electron chi connectivity index (χ4n) is 2.49. The van der Waals surface area contributed by atoms with Gasteiger partial charge in [0.15, 0.2) is 24.6 Å². The smallest absolute Gasteiger partial charge is 0.303 e. The second-order valence-electron chi connectivity index (χ2n) is 5.52. The molecule has 1 aliphatic rings. The summed E-state index contributed by atoms with van der Waals surface area (Å²) < 4.78 is 31.7. The van der Waals surface area contributed by atoms with E-state index in [0.717, 1.165) is 13.8 Å². The Kier molecular flexibility index (Phi) is 8.46. The fraction of sp³-hybridized carbons (Fsp3) is 0.750.